The fourth-order valence-electron chi connectivity index (χ4n) is 3.04. The zero-order valence-electron chi connectivity index (χ0n) is 12.6. The summed E-state index contributed by atoms with van der Waals surface area (Å²) in [4.78, 5) is 4.07. The summed E-state index contributed by atoms with van der Waals surface area (Å²) >= 11 is 0. The Labute approximate surface area is 131 Å². The Morgan fingerprint density at radius 2 is 1.45 bits per heavy atom. The highest BCUT2D eigenvalue weighted by Gasteiger charge is 2.16. The maximum atomic E-state index is 5.40. The second kappa shape index (κ2) is 6.48. The summed E-state index contributed by atoms with van der Waals surface area (Å²) in [7, 11) is 0. The van der Waals surface area contributed by atoms with Gasteiger partial charge in [0.05, 0.1) is 0 Å². The summed E-state index contributed by atoms with van der Waals surface area (Å²) in [6.07, 6.45) is 5.25. The number of guanidine groups is 1. The van der Waals surface area contributed by atoms with Crippen molar-refractivity contribution >= 4 is 11.5 Å². The second-order valence-corrected chi connectivity index (χ2v) is 5.53. The van der Waals surface area contributed by atoms with Gasteiger partial charge in [-0.3, -0.25) is 4.99 Å². The van der Waals surface area contributed by atoms with Crippen LogP contribution in [0.15, 0.2) is 59.6 Å². The second-order valence-electron chi connectivity index (χ2n) is 5.53. The quantitative estimate of drug-likeness (QED) is 0.519. The first-order valence-corrected chi connectivity index (χ1v) is 7.68. The molecule has 1 aliphatic carbocycles. The average Bonchev–Trinajstić information content (AvgIpc) is 2.69. The van der Waals surface area contributed by atoms with Crippen LogP contribution >= 0.6 is 0 Å². The van der Waals surface area contributed by atoms with E-state index in [4.69, 9.17) is 11.5 Å². The molecule has 3 rings (SSSR count). The first-order valence-electron chi connectivity index (χ1n) is 7.68. The van der Waals surface area contributed by atoms with E-state index >= 15 is 0 Å². The van der Waals surface area contributed by atoms with Gasteiger partial charge in [0.1, 0.15) is 0 Å². The van der Waals surface area contributed by atoms with Gasteiger partial charge in [-0.1, -0.05) is 54.6 Å². The zero-order valence-corrected chi connectivity index (χ0v) is 12.6. The Bertz CT molecular complexity index is 675. The largest absolute Gasteiger partial charge is 0.370 e. The smallest absolute Gasteiger partial charge is 0.185 e. The minimum Gasteiger partial charge on any atom is -0.370 e. The van der Waals surface area contributed by atoms with Crippen LogP contribution in [0, 0.1) is 0 Å². The highest BCUT2D eigenvalue weighted by molar-refractivity contribution is 5.84. The van der Waals surface area contributed by atoms with E-state index in [-0.39, 0.29) is 5.96 Å². The van der Waals surface area contributed by atoms with Crippen LogP contribution in [0.5, 0.6) is 0 Å². The monoisotopic (exact) mass is 291 g/mol. The van der Waals surface area contributed by atoms with Gasteiger partial charge in [-0.05, 0) is 47.1 Å². The van der Waals surface area contributed by atoms with Gasteiger partial charge in [-0.25, -0.2) is 0 Å². The standard InChI is InChI=1S/C19H21N3/c20-19(21)22-13-5-10-18-16-8-3-1-6-14(16)11-12-15-7-2-4-9-17(15)18/h1-4,6-10H,5,11-13H2,(H4,20,21,22). The van der Waals surface area contributed by atoms with Crippen LogP contribution in [0.25, 0.3) is 5.57 Å². The van der Waals surface area contributed by atoms with Crippen molar-refractivity contribution in [3.8, 4) is 0 Å². The molecule has 0 spiro atoms. The Morgan fingerprint density at radius 3 is 2.00 bits per heavy atom. The Balaban J connectivity index is 2.02. The number of hydrogen-bond acceptors (Lipinski definition) is 1. The minimum atomic E-state index is 0.153. The summed E-state index contributed by atoms with van der Waals surface area (Å²) in [6, 6.07) is 17.3. The molecule has 0 unspecified atom stereocenters. The van der Waals surface area contributed by atoms with Crippen molar-refractivity contribution in [1.82, 2.24) is 0 Å². The average molecular weight is 291 g/mol. The van der Waals surface area contributed by atoms with Crippen molar-refractivity contribution in [2.75, 3.05) is 6.54 Å². The molecule has 0 amide bonds. The van der Waals surface area contributed by atoms with Crippen molar-refractivity contribution in [3.63, 3.8) is 0 Å². The molecule has 0 aliphatic heterocycles. The maximum absolute atomic E-state index is 5.40. The number of aliphatic imine (C=N–C) groups is 1. The summed E-state index contributed by atoms with van der Waals surface area (Å²) in [5, 5.41) is 0. The molecule has 3 nitrogen and oxygen atoms in total. The third-order valence-corrected chi connectivity index (χ3v) is 4.05. The molecule has 0 saturated heterocycles. The number of hydrogen-bond donors (Lipinski definition) is 2. The lowest BCUT2D eigenvalue weighted by Gasteiger charge is -2.11. The summed E-state index contributed by atoms with van der Waals surface area (Å²) in [5.74, 6) is 0.153. The van der Waals surface area contributed by atoms with E-state index in [1.807, 2.05) is 0 Å². The van der Waals surface area contributed by atoms with Crippen molar-refractivity contribution in [2.45, 2.75) is 19.3 Å². The van der Waals surface area contributed by atoms with Gasteiger partial charge in [-0.15, -0.1) is 0 Å². The molecule has 0 fully saturated rings. The highest BCUT2D eigenvalue weighted by atomic mass is 15.0. The molecule has 0 radical (unpaired) electrons. The van der Waals surface area contributed by atoms with Gasteiger partial charge in [0.2, 0.25) is 0 Å². The number of rotatable bonds is 3. The van der Waals surface area contributed by atoms with Gasteiger partial charge in [-0.2, -0.15) is 0 Å². The molecule has 0 heterocycles. The first-order chi connectivity index (χ1) is 10.8. The van der Waals surface area contributed by atoms with Crippen LogP contribution in [0.1, 0.15) is 28.7 Å². The van der Waals surface area contributed by atoms with E-state index in [1.54, 1.807) is 0 Å². The fourth-order valence-corrected chi connectivity index (χ4v) is 3.04. The molecule has 1 aliphatic rings. The van der Waals surface area contributed by atoms with Crippen molar-refractivity contribution in [2.24, 2.45) is 16.5 Å². The number of fused-ring (bicyclic) bond motifs is 2. The molecule has 112 valence electrons. The number of nitrogens with two attached hydrogens (primary N) is 2. The Morgan fingerprint density at radius 1 is 0.909 bits per heavy atom. The predicted molar refractivity (Wildman–Crippen MR) is 92.7 cm³/mol. The number of benzene rings is 2. The van der Waals surface area contributed by atoms with E-state index in [0.717, 1.165) is 19.3 Å². The van der Waals surface area contributed by atoms with Crippen LogP contribution < -0.4 is 11.5 Å². The third kappa shape index (κ3) is 3.03. The lowest BCUT2D eigenvalue weighted by molar-refractivity contribution is 0.965. The Kier molecular flexibility index (Phi) is 4.24. The van der Waals surface area contributed by atoms with Gasteiger partial charge in [0.15, 0.2) is 5.96 Å². The normalized spacial score (nSPS) is 12.8. The van der Waals surface area contributed by atoms with E-state index in [9.17, 15) is 0 Å². The molecule has 0 atom stereocenters. The van der Waals surface area contributed by atoms with Crippen molar-refractivity contribution < 1.29 is 0 Å². The molecule has 2 aromatic rings. The van der Waals surface area contributed by atoms with Crippen molar-refractivity contribution in [3.05, 3.63) is 76.9 Å². The molecule has 0 aromatic heterocycles. The third-order valence-electron chi connectivity index (χ3n) is 4.05. The summed E-state index contributed by atoms with van der Waals surface area (Å²) < 4.78 is 0. The van der Waals surface area contributed by atoms with Gasteiger partial charge >= 0.3 is 0 Å². The summed E-state index contributed by atoms with van der Waals surface area (Å²) in [6.45, 7) is 0.621. The molecule has 0 saturated carbocycles. The maximum Gasteiger partial charge on any atom is 0.185 e. The molecule has 2 aromatic carbocycles. The van der Waals surface area contributed by atoms with Crippen LogP contribution in [0.2, 0.25) is 0 Å². The van der Waals surface area contributed by atoms with Gasteiger partial charge < -0.3 is 11.5 Å². The summed E-state index contributed by atoms with van der Waals surface area (Å²) in [5.41, 5.74) is 17.6. The number of aryl methyl sites for hydroxylation is 2. The SMILES string of the molecule is NC(N)=NCCC=C1c2ccccc2CCc2ccccc21. The Hall–Kier alpha value is -2.55. The molecule has 4 N–H and O–H groups in total. The van der Waals surface area contributed by atoms with E-state index in [1.165, 1.54) is 27.8 Å². The zero-order chi connectivity index (χ0) is 15.4. The van der Waals surface area contributed by atoms with Crippen molar-refractivity contribution in [1.29, 1.82) is 0 Å². The van der Waals surface area contributed by atoms with E-state index in [2.05, 4.69) is 59.6 Å². The van der Waals surface area contributed by atoms with Gasteiger partial charge in [0, 0.05) is 6.54 Å². The first kappa shape index (κ1) is 14.4. The molecular formula is C19H21N3. The molecule has 0 bridgehead atoms. The van der Waals surface area contributed by atoms with Crippen LogP contribution in [0.4, 0.5) is 0 Å². The topological polar surface area (TPSA) is 64.4 Å². The van der Waals surface area contributed by atoms with Crippen LogP contribution in [-0.4, -0.2) is 12.5 Å². The molecular weight excluding hydrogens is 270 g/mol. The van der Waals surface area contributed by atoms with Gasteiger partial charge in [0.25, 0.3) is 0 Å². The lowest BCUT2D eigenvalue weighted by Crippen LogP contribution is -2.22. The molecule has 3 heteroatoms. The lowest BCUT2D eigenvalue weighted by atomic mass is 9.93. The fraction of sp³-hybridized carbons (Fsp3) is 0.211. The van der Waals surface area contributed by atoms with Crippen LogP contribution in [0.3, 0.4) is 0 Å². The van der Waals surface area contributed by atoms with E-state index in [0.29, 0.717) is 6.54 Å². The number of nitrogens with zero attached hydrogens (tertiary/aromatic N) is 1. The van der Waals surface area contributed by atoms with Crippen LogP contribution in [-0.2, 0) is 12.8 Å². The predicted octanol–water partition coefficient (Wildman–Crippen LogP) is 2.88. The highest BCUT2D eigenvalue weighted by Crippen LogP contribution is 2.33. The van der Waals surface area contributed by atoms with E-state index < -0.39 is 0 Å². The molecule has 22 heavy (non-hydrogen) atoms. The minimum absolute atomic E-state index is 0.153.